The number of rotatable bonds is 6. The van der Waals surface area contributed by atoms with Crippen LogP contribution in [-0.4, -0.2) is 36.5 Å². The van der Waals surface area contributed by atoms with Gasteiger partial charge in [0.2, 0.25) is 0 Å². The molecule has 86 valence electrons. The lowest BCUT2D eigenvalue weighted by molar-refractivity contribution is 0.181. The number of hydrogen-bond donors (Lipinski definition) is 1. The number of furan rings is 1. The van der Waals surface area contributed by atoms with Crippen LogP contribution in [0.25, 0.3) is 0 Å². The van der Waals surface area contributed by atoms with E-state index in [0.717, 1.165) is 11.5 Å². The predicted octanol–water partition coefficient (Wildman–Crippen LogP) is 1.96. The van der Waals surface area contributed by atoms with Gasteiger partial charge in [0.15, 0.2) is 0 Å². The van der Waals surface area contributed by atoms with Crippen molar-refractivity contribution in [3.63, 3.8) is 0 Å². The highest BCUT2D eigenvalue weighted by Crippen LogP contribution is 2.21. The van der Waals surface area contributed by atoms with Gasteiger partial charge in [-0.25, -0.2) is 0 Å². The summed E-state index contributed by atoms with van der Waals surface area (Å²) in [5, 5.41) is 0. The first kappa shape index (κ1) is 12.6. The van der Waals surface area contributed by atoms with E-state index in [0.29, 0.717) is 12.6 Å². The van der Waals surface area contributed by atoms with E-state index < -0.39 is 0 Å². The summed E-state index contributed by atoms with van der Waals surface area (Å²) in [7, 11) is 2.10. The Morgan fingerprint density at radius 1 is 1.60 bits per heavy atom. The highest BCUT2D eigenvalue weighted by molar-refractivity contribution is 7.98. The summed E-state index contributed by atoms with van der Waals surface area (Å²) >= 11 is 1.85. The van der Waals surface area contributed by atoms with E-state index in [9.17, 15) is 0 Å². The van der Waals surface area contributed by atoms with E-state index >= 15 is 0 Å². The van der Waals surface area contributed by atoms with Crippen LogP contribution in [0, 0.1) is 0 Å². The van der Waals surface area contributed by atoms with Gasteiger partial charge >= 0.3 is 0 Å². The van der Waals surface area contributed by atoms with Crippen molar-refractivity contribution >= 4 is 11.8 Å². The molecule has 0 aliphatic rings. The molecule has 4 heteroatoms. The summed E-state index contributed by atoms with van der Waals surface area (Å²) in [6.45, 7) is 2.80. The molecule has 1 aromatic heterocycles. The SMILES string of the molecule is CSCC(C)N(C)C(CN)c1ccco1. The van der Waals surface area contributed by atoms with Crippen molar-refractivity contribution in [2.24, 2.45) is 5.73 Å². The lowest BCUT2D eigenvalue weighted by Crippen LogP contribution is -2.38. The Morgan fingerprint density at radius 2 is 2.33 bits per heavy atom. The lowest BCUT2D eigenvalue weighted by Gasteiger charge is -2.30. The molecule has 2 atom stereocenters. The molecule has 2 N–H and O–H groups in total. The third-order valence-corrected chi connectivity index (χ3v) is 3.51. The largest absolute Gasteiger partial charge is 0.468 e. The van der Waals surface area contributed by atoms with Gasteiger partial charge in [0, 0.05) is 18.3 Å². The zero-order chi connectivity index (χ0) is 11.3. The fraction of sp³-hybridized carbons (Fsp3) is 0.636. The van der Waals surface area contributed by atoms with Gasteiger partial charge in [-0.15, -0.1) is 0 Å². The van der Waals surface area contributed by atoms with Gasteiger partial charge < -0.3 is 10.2 Å². The van der Waals surface area contributed by atoms with Crippen LogP contribution < -0.4 is 5.73 Å². The number of hydrogen-bond acceptors (Lipinski definition) is 4. The molecule has 0 saturated carbocycles. The molecule has 0 fully saturated rings. The summed E-state index contributed by atoms with van der Waals surface area (Å²) in [5.74, 6) is 2.06. The van der Waals surface area contributed by atoms with E-state index in [1.807, 2.05) is 23.9 Å². The summed E-state index contributed by atoms with van der Waals surface area (Å²) in [5.41, 5.74) is 5.79. The van der Waals surface area contributed by atoms with Crippen molar-refractivity contribution in [1.29, 1.82) is 0 Å². The predicted molar refractivity (Wildman–Crippen MR) is 66.1 cm³/mol. The Labute approximate surface area is 96.0 Å². The van der Waals surface area contributed by atoms with Gasteiger partial charge in [-0.3, -0.25) is 4.90 Å². The summed E-state index contributed by atoms with van der Waals surface area (Å²) < 4.78 is 5.41. The Morgan fingerprint density at radius 3 is 2.80 bits per heavy atom. The normalized spacial score (nSPS) is 15.5. The minimum atomic E-state index is 0.183. The van der Waals surface area contributed by atoms with Crippen molar-refractivity contribution < 1.29 is 4.42 Å². The third kappa shape index (κ3) is 3.26. The Bertz CT molecular complexity index is 264. The first-order valence-corrected chi connectivity index (χ1v) is 6.54. The van der Waals surface area contributed by atoms with Gasteiger partial charge in [-0.1, -0.05) is 0 Å². The van der Waals surface area contributed by atoms with Crippen molar-refractivity contribution in [3.8, 4) is 0 Å². The fourth-order valence-corrected chi connectivity index (χ4v) is 2.35. The van der Waals surface area contributed by atoms with Crippen molar-refractivity contribution in [1.82, 2.24) is 4.90 Å². The third-order valence-electron chi connectivity index (χ3n) is 2.69. The minimum absolute atomic E-state index is 0.183. The van der Waals surface area contributed by atoms with Gasteiger partial charge in [0.05, 0.1) is 12.3 Å². The van der Waals surface area contributed by atoms with Gasteiger partial charge in [0.1, 0.15) is 5.76 Å². The van der Waals surface area contributed by atoms with Gasteiger partial charge in [-0.2, -0.15) is 11.8 Å². The molecule has 0 amide bonds. The number of nitrogens with two attached hydrogens (primary N) is 1. The second kappa shape index (κ2) is 6.20. The van der Waals surface area contributed by atoms with Crippen LogP contribution in [0.2, 0.25) is 0 Å². The molecule has 0 aliphatic carbocycles. The average molecular weight is 228 g/mol. The molecule has 0 bridgehead atoms. The van der Waals surface area contributed by atoms with Crippen LogP contribution in [0.5, 0.6) is 0 Å². The number of thioether (sulfide) groups is 1. The van der Waals surface area contributed by atoms with Crippen LogP contribution in [0.4, 0.5) is 0 Å². The topological polar surface area (TPSA) is 42.4 Å². The summed E-state index contributed by atoms with van der Waals surface area (Å²) in [6, 6.07) is 4.58. The van der Waals surface area contributed by atoms with Gasteiger partial charge in [-0.05, 0) is 32.4 Å². The number of nitrogens with zero attached hydrogens (tertiary/aromatic N) is 1. The van der Waals surface area contributed by atoms with E-state index in [2.05, 4.69) is 25.1 Å². The average Bonchev–Trinajstić information content (AvgIpc) is 2.72. The van der Waals surface area contributed by atoms with E-state index in [1.54, 1.807) is 6.26 Å². The second-order valence-electron chi connectivity index (χ2n) is 3.74. The van der Waals surface area contributed by atoms with E-state index in [4.69, 9.17) is 10.2 Å². The standard InChI is InChI=1S/C11H20N2OS/c1-9(8-15-3)13(2)10(7-12)11-5-4-6-14-11/h4-6,9-10H,7-8,12H2,1-3H3. The molecule has 3 nitrogen and oxygen atoms in total. The second-order valence-corrected chi connectivity index (χ2v) is 4.65. The van der Waals surface area contributed by atoms with Crippen molar-refractivity contribution in [3.05, 3.63) is 24.2 Å². The Balaban J connectivity index is 2.66. The van der Waals surface area contributed by atoms with Crippen LogP contribution in [-0.2, 0) is 0 Å². The molecule has 1 aromatic rings. The molecule has 1 heterocycles. The molecule has 0 aliphatic heterocycles. The van der Waals surface area contributed by atoms with E-state index in [1.165, 1.54) is 0 Å². The molecule has 2 unspecified atom stereocenters. The first-order chi connectivity index (χ1) is 7.20. The fourth-order valence-electron chi connectivity index (χ4n) is 1.63. The molecular weight excluding hydrogens is 208 g/mol. The van der Waals surface area contributed by atoms with Gasteiger partial charge in [0.25, 0.3) is 0 Å². The molecule has 15 heavy (non-hydrogen) atoms. The maximum atomic E-state index is 5.79. The maximum absolute atomic E-state index is 5.79. The molecule has 1 rings (SSSR count). The number of likely N-dealkylation sites (N-methyl/N-ethyl adjacent to an activating group) is 1. The Hall–Kier alpha value is -0.450. The zero-order valence-corrected chi connectivity index (χ0v) is 10.5. The molecule has 0 saturated heterocycles. The highest BCUT2D eigenvalue weighted by atomic mass is 32.2. The monoisotopic (exact) mass is 228 g/mol. The molecule has 0 radical (unpaired) electrons. The molecule has 0 spiro atoms. The quantitative estimate of drug-likeness (QED) is 0.808. The highest BCUT2D eigenvalue weighted by Gasteiger charge is 2.21. The first-order valence-electron chi connectivity index (χ1n) is 5.15. The molecular formula is C11H20N2OS. The molecule has 0 aromatic carbocycles. The van der Waals surface area contributed by atoms with Crippen molar-refractivity contribution in [2.45, 2.75) is 19.0 Å². The van der Waals surface area contributed by atoms with Crippen molar-refractivity contribution in [2.75, 3.05) is 25.6 Å². The summed E-state index contributed by atoms with van der Waals surface area (Å²) in [4.78, 5) is 2.27. The minimum Gasteiger partial charge on any atom is -0.468 e. The zero-order valence-electron chi connectivity index (χ0n) is 9.64. The van der Waals surface area contributed by atoms with Crippen LogP contribution in [0.1, 0.15) is 18.7 Å². The van der Waals surface area contributed by atoms with Crippen LogP contribution in [0.3, 0.4) is 0 Å². The lowest BCUT2D eigenvalue weighted by atomic mass is 10.1. The van der Waals surface area contributed by atoms with Crippen LogP contribution >= 0.6 is 11.8 Å². The van der Waals surface area contributed by atoms with Crippen LogP contribution in [0.15, 0.2) is 22.8 Å². The van der Waals surface area contributed by atoms with E-state index in [-0.39, 0.29) is 6.04 Å². The summed E-state index contributed by atoms with van der Waals surface area (Å²) in [6.07, 6.45) is 3.82. The smallest absolute Gasteiger partial charge is 0.122 e. The maximum Gasteiger partial charge on any atom is 0.122 e. The Kier molecular flexibility index (Phi) is 5.22.